The van der Waals surface area contributed by atoms with Gasteiger partial charge < -0.3 is 5.11 Å². The van der Waals surface area contributed by atoms with Crippen molar-refractivity contribution in [2.75, 3.05) is 0 Å². The molecule has 0 saturated carbocycles. The molecule has 0 aliphatic heterocycles. The number of nitrogens with zero attached hydrogens (tertiary/aromatic N) is 1. The molecule has 2 atom stereocenters. The molecule has 3 nitrogen and oxygen atoms in total. The van der Waals surface area contributed by atoms with Gasteiger partial charge in [0.1, 0.15) is 0 Å². The van der Waals surface area contributed by atoms with Crippen LogP contribution in [0.3, 0.4) is 0 Å². The Morgan fingerprint density at radius 2 is 2.25 bits per heavy atom. The highest BCUT2D eigenvalue weighted by Gasteiger charge is 2.32. The van der Waals surface area contributed by atoms with Gasteiger partial charge in [-0.05, 0) is 29.9 Å². The summed E-state index contributed by atoms with van der Waals surface area (Å²) in [6.45, 7) is 6.53. The lowest BCUT2D eigenvalue weighted by molar-refractivity contribution is 0.0696. The molecule has 2 rings (SSSR count). The first-order valence-corrected chi connectivity index (χ1v) is 5.73. The van der Waals surface area contributed by atoms with Crippen molar-refractivity contribution in [3.05, 3.63) is 29.1 Å². The molecule has 0 radical (unpaired) electrons. The Kier molecular flexibility index (Phi) is 2.70. The van der Waals surface area contributed by atoms with Crippen molar-refractivity contribution in [2.24, 2.45) is 5.92 Å². The molecule has 86 valence electrons. The number of hydrogen-bond donors (Lipinski definition) is 1. The van der Waals surface area contributed by atoms with Crippen molar-refractivity contribution >= 4 is 5.97 Å². The fourth-order valence-electron chi connectivity index (χ4n) is 2.52. The number of carboxylic acid groups (broad SMARTS) is 1. The van der Waals surface area contributed by atoms with Crippen molar-refractivity contribution in [3.63, 3.8) is 0 Å². The van der Waals surface area contributed by atoms with Crippen LogP contribution in [0.1, 0.15) is 60.6 Å². The summed E-state index contributed by atoms with van der Waals surface area (Å²) in [5.74, 6) is 0.574. The summed E-state index contributed by atoms with van der Waals surface area (Å²) in [6.07, 6.45) is 2.57. The first-order valence-electron chi connectivity index (χ1n) is 5.73. The molecule has 16 heavy (non-hydrogen) atoms. The van der Waals surface area contributed by atoms with E-state index < -0.39 is 5.97 Å². The van der Waals surface area contributed by atoms with Crippen LogP contribution in [0, 0.1) is 5.92 Å². The number of rotatable bonds is 2. The van der Waals surface area contributed by atoms with Crippen LogP contribution < -0.4 is 0 Å². The molecule has 0 aromatic carbocycles. The van der Waals surface area contributed by atoms with Gasteiger partial charge in [0, 0.05) is 17.8 Å². The fourth-order valence-corrected chi connectivity index (χ4v) is 2.52. The van der Waals surface area contributed by atoms with E-state index in [9.17, 15) is 4.79 Å². The van der Waals surface area contributed by atoms with E-state index >= 15 is 0 Å². The van der Waals surface area contributed by atoms with Crippen molar-refractivity contribution in [2.45, 2.75) is 39.0 Å². The van der Waals surface area contributed by atoms with Gasteiger partial charge in [-0.1, -0.05) is 20.8 Å². The average Bonchev–Trinajstić information content (AvgIpc) is 2.56. The Morgan fingerprint density at radius 1 is 1.56 bits per heavy atom. The third-order valence-corrected chi connectivity index (χ3v) is 3.49. The van der Waals surface area contributed by atoms with Crippen LogP contribution in [0.15, 0.2) is 12.3 Å². The van der Waals surface area contributed by atoms with E-state index in [0.717, 1.165) is 17.7 Å². The van der Waals surface area contributed by atoms with Gasteiger partial charge in [0.25, 0.3) is 0 Å². The monoisotopic (exact) mass is 219 g/mol. The maximum atomic E-state index is 10.9. The molecular weight excluding hydrogens is 202 g/mol. The maximum Gasteiger partial charge on any atom is 0.337 e. The van der Waals surface area contributed by atoms with Crippen molar-refractivity contribution in [3.8, 4) is 0 Å². The van der Waals surface area contributed by atoms with Gasteiger partial charge in [-0.2, -0.15) is 0 Å². The van der Waals surface area contributed by atoms with Crippen molar-refractivity contribution in [1.82, 2.24) is 4.98 Å². The van der Waals surface area contributed by atoms with E-state index in [1.165, 1.54) is 6.20 Å². The molecule has 1 aliphatic rings. The number of aromatic nitrogens is 1. The third kappa shape index (κ3) is 1.70. The first-order chi connectivity index (χ1) is 7.50. The number of carbonyl (C=O) groups is 1. The van der Waals surface area contributed by atoms with Crippen LogP contribution in [-0.2, 0) is 0 Å². The molecule has 0 amide bonds. The number of aromatic carboxylic acids is 1. The normalized spacial score (nSPS) is 23.5. The summed E-state index contributed by atoms with van der Waals surface area (Å²) in [5.41, 5.74) is 2.53. The summed E-state index contributed by atoms with van der Waals surface area (Å²) in [7, 11) is 0. The SMILES string of the molecule is CC1C[C@@H](C(C)C)c2ncc(C(=O)O)cc21. The zero-order valence-electron chi connectivity index (χ0n) is 9.90. The van der Waals surface area contributed by atoms with Gasteiger partial charge in [-0.25, -0.2) is 4.79 Å². The number of carboxylic acids is 1. The van der Waals surface area contributed by atoms with E-state index in [2.05, 4.69) is 25.8 Å². The second kappa shape index (κ2) is 3.89. The third-order valence-electron chi connectivity index (χ3n) is 3.49. The minimum absolute atomic E-state index is 0.301. The predicted octanol–water partition coefficient (Wildman–Crippen LogP) is 3.03. The Labute approximate surface area is 95.5 Å². The van der Waals surface area contributed by atoms with Crippen LogP contribution >= 0.6 is 0 Å². The lowest BCUT2D eigenvalue weighted by Crippen LogP contribution is -2.06. The largest absolute Gasteiger partial charge is 0.478 e. The fraction of sp³-hybridized carbons (Fsp3) is 0.538. The van der Waals surface area contributed by atoms with Crippen LogP contribution in [0.2, 0.25) is 0 Å². The number of hydrogen-bond acceptors (Lipinski definition) is 2. The van der Waals surface area contributed by atoms with E-state index in [-0.39, 0.29) is 0 Å². The molecule has 1 aliphatic carbocycles. The van der Waals surface area contributed by atoms with Gasteiger partial charge >= 0.3 is 5.97 Å². The highest BCUT2D eigenvalue weighted by molar-refractivity contribution is 5.87. The molecule has 3 heteroatoms. The molecule has 0 saturated heterocycles. The molecule has 0 fully saturated rings. The lowest BCUT2D eigenvalue weighted by atomic mass is 9.92. The molecule has 1 aromatic heterocycles. The summed E-state index contributed by atoms with van der Waals surface area (Å²) in [4.78, 5) is 15.2. The minimum atomic E-state index is -0.893. The molecule has 1 unspecified atom stereocenters. The zero-order chi connectivity index (χ0) is 11.9. The molecule has 0 bridgehead atoms. The van der Waals surface area contributed by atoms with E-state index in [1.54, 1.807) is 6.07 Å². The topological polar surface area (TPSA) is 50.2 Å². The Hall–Kier alpha value is -1.38. The number of pyridine rings is 1. The first kappa shape index (κ1) is 11.1. The van der Waals surface area contributed by atoms with Gasteiger partial charge in [-0.15, -0.1) is 0 Å². The van der Waals surface area contributed by atoms with E-state index in [4.69, 9.17) is 5.11 Å². The van der Waals surface area contributed by atoms with Crippen LogP contribution in [-0.4, -0.2) is 16.1 Å². The molecular formula is C13H17NO2. The zero-order valence-corrected chi connectivity index (χ0v) is 9.90. The van der Waals surface area contributed by atoms with E-state index in [1.807, 2.05) is 0 Å². The molecule has 1 aromatic rings. The Balaban J connectivity index is 2.45. The predicted molar refractivity (Wildman–Crippen MR) is 61.8 cm³/mol. The average molecular weight is 219 g/mol. The Bertz CT molecular complexity index is 426. The summed E-state index contributed by atoms with van der Waals surface area (Å²) < 4.78 is 0. The summed E-state index contributed by atoms with van der Waals surface area (Å²) >= 11 is 0. The second-order valence-corrected chi connectivity index (χ2v) is 4.99. The van der Waals surface area contributed by atoms with Gasteiger partial charge in [0.05, 0.1) is 5.56 Å². The van der Waals surface area contributed by atoms with Crippen molar-refractivity contribution in [1.29, 1.82) is 0 Å². The summed E-state index contributed by atoms with van der Waals surface area (Å²) in [6, 6.07) is 1.79. The van der Waals surface area contributed by atoms with Crippen LogP contribution in [0.5, 0.6) is 0 Å². The van der Waals surface area contributed by atoms with Gasteiger partial charge in [-0.3, -0.25) is 4.98 Å². The smallest absolute Gasteiger partial charge is 0.337 e. The second-order valence-electron chi connectivity index (χ2n) is 4.99. The van der Waals surface area contributed by atoms with Gasteiger partial charge in [0.15, 0.2) is 0 Å². The summed E-state index contributed by atoms with van der Waals surface area (Å²) in [5, 5.41) is 8.94. The number of fused-ring (bicyclic) bond motifs is 1. The standard InChI is InChI=1S/C13H17NO2/c1-7(2)10-4-8(3)11-5-9(13(15)16)6-14-12(10)11/h5-8,10H,4H2,1-3H3,(H,15,16)/t8?,10-/m0/s1. The molecule has 0 spiro atoms. The van der Waals surface area contributed by atoms with Crippen LogP contribution in [0.4, 0.5) is 0 Å². The highest BCUT2D eigenvalue weighted by Crippen LogP contribution is 2.44. The minimum Gasteiger partial charge on any atom is -0.478 e. The van der Waals surface area contributed by atoms with Crippen molar-refractivity contribution < 1.29 is 9.90 Å². The Morgan fingerprint density at radius 3 is 2.81 bits per heavy atom. The molecule has 1 heterocycles. The highest BCUT2D eigenvalue weighted by atomic mass is 16.4. The van der Waals surface area contributed by atoms with E-state index in [0.29, 0.717) is 23.3 Å². The lowest BCUT2D eigenvalue weighted by Gasteiger charge is -2.14. The maximum absolute atomic E-state index is 10.9. The van der Waals surface area contributed by atoms with Crippen LogP contribution in [0.25, 0.3) is 0 Å². The quantitative estimate of drug-likeness (QED) is 0.831. The van der Waals surface area contributed by atoms with Gasteiger partial charge in [0.2, 0.25) is 0 Å². The molecule has 1 N–H and O–H groups in total.